The summed E-state index contributed by atoms with van der Waals surface area (Å²) in [4.78, 5) is 40.4. The van der Waals surface area contributed by atoms with Gasteiger partial charge in [-0.2, -0.15) is 0 Å². The number of nitrogens with one attached hydrogen (secondary N) is 2. The Bertz CT molecular complexity index is 1490. The van der Waals surface area contributed by atoms with Crippen LogP contribution in [0.25, 0.3) is 0 Å². The number of benzene rings is 2. The second-order valence-corrected chi connectivity index (χ2v) is 11.6. The zero-order valence-electron chi connectivity index (χ0n) is 21.2. The first kappa shape index (κ1) is 28.4. The Labute approximate surface area is 234 Å². The predicted octanol–water partition coefficient (Wildman–Crippen LogP) is 5.15. The summed E-state index contributed by atoms with van der Waals surface area (Å²) in [6.07, 6.45) is -0.0245. The van der Waals surface area contributed by atoms with Crippen LogP contribution in [-0.4, -0.2) is 51.0 Å². The van der Waals surface area contributed by atoms with E-state index in [-0.39, 0.29) is 41.5 Å². The van der Waals surface area contributed by atoms with E-state index in [0.29, 0.717) is 23.0 Å². The van der Waals surface area contributed by atoms with Crippen molar-refractivity contribution in [3.63, 3.8) is 0 Å². The number of amides is 2. The van der Waals surface area contributed by atoms with Gasteiger partial charge in [0.15, 0.2) is 0 Å². The lowest BCUT2D eigenvalue weighted by atomic mass is 10.0. The third-order valence-electron chi connectivity index (χ3n) is 5.81. The van der Waals surface area contributed by atoms with Gasteiger partial charge in [0, 0.05) is 27.7 Å². The Morgan fingerprint density at radius 3 is 2.31 bits per heavy atom. The van der Waals surface area contributed by atoms with Crippen LogP contribution < -0.4 is 10.0 Å². The van der Waals surface area contributed by atoms with E-state index in [4.69, 9.17) is 21.1 Å². The van der Waals surface area contributed by atoms with Crippen molar-refractivity contribution in [3.8, 4) is 0 Å². The average Bonchev–Trinajstić information content (AvgIpc) is 3.26. The molecule has 3 aromatic rings. The Morgan fingerprint density at radius 1 is 1.00 bits per heavy atom. The summed E-state index contributed by atoms with van der Waals surface area (Å²) in [5, 5.41) is 3.52. The Morgan fingerprint density at radius 2 is 1.67 bits per heavy atom. The molecule has 0 spiro atoms. The van der Waals surface area contributed by atoms with E-state index in [0.717, 1.165) is 10.4 Å². The number of sulfonamides is 1. The number of rotatable bonds is 8. The van der Waals surface area contributed by atoms with Gasteiger partial charge in [-0.15, -0.1) is 11.3 Å². The maximum absolute atomic E-state index is 13.1. The third-order valence-corrected chi connectivity index (χ3v) is 8.59. The van der Waals surface area contributed by atoms with Crippen molar-refractivity contribution in [3.05, 3.63) is 75.1 Å². The van der Waals surface area contributed by atoms with Gasteiger partial charge >= 0.3 is 12.1 Å². The molecule has 0 atom stereocenters. The van der Waals surface area contributed by atoms with E-state index >= 15 is 0 Å². The summed E-state index contributed by atoms with van der Waals surface area (Å²) < 4.78 is 38.0. The number of ether oxygens (including phenoxy) is 2. The second kappa shape index (κ2) is 12.1. The summed E-state index contributed by atoms with van der Waals surface area (Å²) in [6, 6.07) is 11.6. The summed E-state index contributed by atoms with van der Waals surface area (Å²) in [5.74, 6) is -1.05. The van der Waals surface area contributed by atoms with E-state index in [1.807, 2.05) is 0 Å². The van der Waals surface area contributed by atoms with Crippen LogP contribution in [0.5, 0.6) is 0 Å². The first-order valence-electron chi connectivity index (χ1n) is 12.1. The van der Waals surface area contributed by atoms with Crippen molar-refractivity contribution in [2.24, 2.45) is 0 Å². The number of carbonyl (C=O) groups is 3. The fraction of sp³-hybridized carbons (Fsp3) is 0.269. The minimum Gasteiger partial charge on any atom is -0.462 e. The summed E-state index contributed by atoms with van der Waals surface area (Å²) in [5.41, 5.74) is 1.53. The van der Waals surface area contributed by atoms with Gasteiger partial charge in [-0.1, -0.05) is 11.6 Å². The largest absolute Gasteiger partial charge is 0.462 e. The van der Waals surface area contributed by atoms with Gasteiger partial charge in [-0.25, -0.2) is 18.0 Å². The lowest BCUT2D eigenvalue weighted by Crippen LogP contribution is -2.36. The zero-order chi connectivity index (χ0) is 28.2. The number of fused-ring (bicyclic) bond motifs is 1. The number of nitrogens with zero attached hydrogens (tertiary/aromatic N) is 1. The average molecular weight is 592 g/mol. The number of halogens is 1. The van der Waals surface area contributed by atoms with Crippen LogP contribution in [0.3, 0.4) is 0 Å². The summed E-state index contributed by atoms with van der Waals surface area (Å²) >= 11 is 7.04. The number of esters is 1. The Balaban J connectivity index is 1.52. The number of hydrogen-bond donors (Lipinski definition) is 2. The van der Waals surface area contributed by atoms with E-state index in [1.54, 1.807) is 18.7 Å². The van der Waals surface area contributed by atoms with Crippen molar-refractivity contribution in [2.45, 2.75) is 31.7 Å². The topological polar surface area (TPSA) is 131 Å². The van der Waals surface area contributed by atoms with E-state index < -0.39 is 28.0 Å². The molecule has 13 heteroatoms. The van der Waals surface area contributed by atoms with E-state index in [2.05, 4.69) is 10.0 Å². The summed E-state index contributed by atoms with van der Waals surface area (Å²) in [7, 11) is -3.84. The lowest BCUT2D eigenvalue weighted by Gasteiger charge is -2.26. The molecule has 1 aromatic heterocycles. The molecule has 1 aliphatic rings. The molecule has 0 saturated carbocycles. The van der Waals surface area contributed by atoms with Gasteiger partial charge in [-0.3, -0.25) is 9.52 Å². The summed E-state index contributed by atoms with van der Waals surface area (Å²) in [6.45, 7) is 4.47. The molecule has 10 nitrogen and oxygen atoms in total. The van der Waals surface area contributed by atoms with Crippen LogP contribution in [0.1, 0.15) is 45.0 Å². The highest BCUT2D eigenvalue weighted by atomic mass is 35.5. The number of hydrogen-bond acceptors (Lipinski definition) is 8. The van der Waals surface area contributed by atoms with E-state index in [9.17, 15) is 22.8 Å². The molecule has 0 radical (unpaired) electrons. The van der Waals surface area contributed by atoms with Gasteiger partial charge in [0.25, 0.3) is 15.9 Å². The van der Waals surface area contributed by atoms with Crippen molar-refractivity contribution in [2.75, 3.05) is 29.8 Å². The highest BCUT2D eigenvalue weighted by Gasteiger charge is 2.31. The van der Waals surface area contributed by atoms with Crippen LogP contribution in [0, 0.1) is 0 Å². The lowest BCUT2D eigenvalue weighted by molar-refractivity contribution is 0.0526. The Kier molecular flexibility index (Phi) is 8.78. The molecule has 2 aromatic carbocycles. The molecule has 0 unspecified atom stereocenters. The number of carbonyl (C=O) groups excluding carboxylic acids is 3. The van der Waals surface area contributed by atoms with Crippen LogP contribution in [0.4, 0.5) is 15.5 Å². The number of anilines is 2. The molecule has 206 valence electrons. The molecular weight excluding hydrogens is 566 g/mol. The maximum atomic E-state index is 13.1. The van der Waals surface area contributed by atoms with Crippen LogP contribution in [0.2, 0.25) is 5.02 Å². The smallest absolute Gasteiger partial charge is 0.410 e. The quantitative estimate of drug-likeness (QED) is 0.346. The molecule has 4 rings (SSSR count). The standard InChI is InChI=1S/C26H26ClN3O7S2/c1-3-36-25(32)22-20-13-14-30(26(33)37-4-2)15-21(20)38-24(22)28-23(31)16-5-9-18(10-6-16)29-39(34,35)19-11-7-17(27)8-12-19/h5-12,29H,3-4,13-15H2,1-2H3,(H,28,31). The molecule has 0 saturated heterocycles. The fourth-order valence-electron chi connectivity index (χ4n) is 3.97. The zero-order valence-corrected chi connectivity index (χ0v) is 23.5. The Hall–Kier alpha value is -3.61. The highest BCUT2D eigenvalue weighted by molar-refractivity contribution is 7.92. The van der Waals surface area contributed by atoms with E-state index in [1.165, 1.54) is 59.9 Å². The van der Waals surface area contributed by atoms with Crippen LogP contribution >= 0.6 is 22.9 Å². The molecule has 2 N–H and O–H groups in total. The van der Waals surface area contributed by atoms with Gasteiger partial charge in [-0.05, 0) is 74.4 Å². The molecule has 0 bridgehead atoms. The first-order valence-corrected chi connectivity index (χ1v) is 14.7. The fourth-order valence-corrected chi connectivity index (χ4v) is 6.41. The van der Waals surface area contributed by atoms with Crippen LogP contribution in [0.15, 0.2) is 53.4 Å². The van der Waals surface area contributed by atoms with Crippen molar-refractivity contribution in [1.82, 2.24) is 4.90 Å². The van der Waals surface area contributed by atoms with Crippen molar-refractivity contribution in [1.29, 1.82) is 0 Å². The molecule has 0 aliphatic carbocycles. The van der Waals surface area contributed by atoms with Crippen molar-refractivity contribution >= 4 is 61.6 Å². The third kappa shape index (κ3) is 6.52. The SMILES string of the molecule is CCOC(=O)c1c(NC(=O)c2ccc(NS(=O)(=O)c3ccc(Cl)cc3)cc2)sc2c1CCN(C(=O)OCC)C2. The maximum Gasteiger partial charge on any atom is 0.410 e. The molecule has 1 aliphatic heterocycles. The van der Waals surface area contributed by atoms with Gasteiger partial charge in [0.1, 0.15) is 5.00 Å². The minimum absolute atomic E-state index is 0.0448. The molecule has 0 fully saturated rings. The highest BCUT2D eigenvalue weighted by Crippen LogP contribution is 2.38. The normalized spacial score (nSPS) is 12.8. The molecule has 2 amide bonds. The monoisotopic (exact) mass is 591 g/mol. The molecule has 39 heavy (non-hydrogen) atoms. The van der Waals surface area contributed by atoms with Gasteiger partial charge in [0.05, 0.1) is 30.2 Å². The van der Waals surface area contributed by atoms with Crippen LogP contribution in [-0.2, 0) is 32.5 Å². The van der Waals surface area contributed by atoms with Gasteiger partial charge in [0.2, 0.25) is 0 Å². The first-order chi connectivity index (χ1) is 18.6. The minimum atomic E-state index is -3.84. The molecular formula is C26H26ClN3O7S2. The predicted molar refractivity (Wildman–Crippen MR) is 148 cm³/mol. The second-order valence-electron chi connectivity index (χ2n) is 8.39. The van der Waals surface area contributed by atoms with Gasteiger partial charge < -0.3 is 19.7 Å². The number of thiophene rings is 1. The van der Waals surface area contributed by atoms with Crippen molar-refractivity contribution < 1.29 is 32.3 Å². The molecule has 2 heterocycles.